The number of fused-ring (bicyclic) bond motifs is 1. The maximum Gasteiger partial charge on any atom is 0.260 e. The molecule has 1 aromatic carbocycles. The standard InChI is InChI=1S/C23H25N5O2S/c1-17-2-5-23(24-13-17)31(29,30)28-10-6-18(7-11-28)16-27-9-8-20-12-19(3-4-22(20)27)21-14-25-26-15-21/h2-5,8-9,12-15,18H,6-7,10-11,16H2,1H3,(H,25,26). The number of nitrogens with one attached hydrogen (secondary N) is 1. The molecular formula is C23H25N5O2S. The molecule has 7 nitrogen and oxygen atoms in total. The van der Waals surface area contributed by atoms with Crippen LogP contribution in [-0.4, -0.2) is 45.6 Å². The van der Waals surface area contributed by atoms with Gasteiger partial charge in [0, 0.05) is 54.7 Å². The van der Waals surface area contributed by atoms with Gasteiger partial charge in [-0.1, -0.05) is 12.1 Å². The topological polar surface area (TPSA) is 83.9 Å². The average Bonchev–Trinajstić information content (AvgIpc) is 3.45. The molecule has 0 bridgehead atoms. The van der Waals surface area contributed by atoms with Crippen molar-refractivity contribution >= 4 is 20.9 Å². The largest absolute Gasteiger partial charge is 0.347 e. The van der Waals surface area contributed by atoms with E-state index in [-0.39, 0.29) is 5.03 Å². The summed E-state index contributed by atoms with van der Waals surface area (Å²) in [5, 5.41) is 8.22. The lowest BCUT2D eigenvalue weighted by molar-refractivity contribution is 0.254. The molecule has 4 heterocycles. The monoisotopic (exact) mass is 435 g/mol. The van der Waals surface area contributed by atoms with Gasteiger partial charge in [-0.2, -0.15) is 9.40 Å². The fraction of sp³-hybridized carbons (Fsp3) is 0.304. The van der Waals surface area contributed by atoms with E-state index in [4.69, 9.17) is 0 Å². The van der Waals surface area contributed by atoms with Crippen molar-refractivity contribution in [2.24, 2.45) is 5.92 Å². The van der Waals surface area contributed by atoms with Crippen LogP contribution < -0.4 is 0 Å². The first kappa shape index (κ1) is 20.0. The van der Waals surface area contributed by atoms with Gasteiger partial charge in [0.05, 0.1) is 6.20 Å². The molecule has 160 valence electrons. The molecule has 1 aliphatic heterocycles. The quantitative estimate of drug-likeness (QED) is 0.516. The molecule has 0 atom stereocenters. The van der Waals surface area contributed by atoms with Crippen molar-refractivity contribution in [3.8, 4) is 11.1 Å². The van der Waals surface area contributed by atoms with E-state index >= 15 is 0 Å². The molecule has 1 saturated heterocycles. The Kier molecular flexibility index (Phi) is 5.11. The summed E-state index contributed by atoms with van der Waals surface area (Å²) in [6, 6.07) is 12.0. The number of H-pyrrole nitrogens is 1. The minimum atomic E-state index is -3.52. The molecule has 0 radical (unpaired) electrons. The lowest BCUT2D eigenvalue weighted by Gasteiger charge is -2.31. The van der Waals surface area contributed by atoms with Gasteiger partial charge in [0.1, 0.15) is 0 Å². The first-order valence-electron chi connectivity index (χ1n) is 10.5. The molecule has 1 aliphatic rings. The predicted molar refractivity (Wildman–Crippen MR) is 120 cm³/mol. The van der Waals surface area contributed by atoms with E-state index < -0.39 is 10.0 Å². The van der Waals surface area contributed by atoms with Crippen LogP contribution in [0.4, 0.5) is 0 Å². The smallest absolute Gasteiger partial charge is 0.260 e. The summed E-state index contributed by atoms with van der Waals surface area (Å²) in [5.74, 6) is 0.446. The van der Waals surface area contributed by atoms with Crippen LogP contribution in [0.25, 0.3) is 22.0 Å². The van der Waals surface area contributed by atoms with Crippen molar-refractivity contribution in [1.82, 2.24) is 24.1 Å². The number of rotatable bonds is 5. The number of aryl methyl sites for hydroxylation is 1. The summed E-state index contributed by atoms with van der Waals surface area (Å²) in [6.07, 6.45) is 9.14. The van der Waals surface area contributed by atoms with Crippen molar-refractivity contribution in [3.05, 3.63) is 66.7 Å². The molecule has 3 aromatic heterocycles. The third-order valence-electron chi connectivity index (χ3n) is 6.12. The molecule has 5 rings (SSSR count). The average molecular weight is 436 g/mol. The second-order valence-corrected chi connectivity index (χ2v) is 10.1. The van der Waals surface area contributed by atoms with Gasteiger partial charge in [-0.3, -0.25) is 5.10 Å². The minimum absolute atomic E-state index is 0.140. The molecular weight excluding hydrogens is 410 g/mol. The lowest BCUT2D eigenvalue weighted by atomic mass is 9.98. The number of hydrogen-bond acceptors (Lipinski definition) is 4. The fourth-order valence-corrected chi connectivity index (χ4v) is 5.68. The Labute approximate surface area is 181 Å². The van der Waals surface area contributed by atoms with E-state index in [1.54, 1.807) is 22.6 Å². The number of benzene rings is 1. The number of aromatic nitrogens is 4. The SMILES string of the molecule is Cc1ccc(S(=O)(=O)N2CCC(Cn3ccc4cc(-c5cn[nH]c5)ccc43)CC2)nc1. The van der Waals surface area contributed by atoms with Crippen LogP contribution >= 0.6 is 0 Å². The van der Waals surface area contributed by atoms with Crippen LogP contribution in [0.1, 0.15) is 18.4 Å². The number of pyridine rings is 1. The first-order valence-corrected chi connectivity index (χ1v) is 12.0. The van der Waals surface area contributed by atoms with Crippen molar-refractivity contribution in [1.29, 1.82) is 0 Å². The molecule has 1 N–H and O–H groups in total. The number of nitrogens with zero attached hydrogens (tertiary/aromatic N) is 4. The molecule has 4 aromatic rings. The Hall–Kier alpha value is -2.97. The summed E-state index contributed by atoms with van der Waals surface area (Å²) in [5.41, 5.74) is 4.37. The number of hydrogen-bond donors (Lipinski definition) is 1. The molecule has 0 unspecified atom stereocenters. The minimum Gasteiger partial charge on any atom is -0.347 e. The van der Waals surface area contributed by atoms with Crippen LogP contribution in [0, 0.1) is 12.8 Å². The summed E-state index contributed by atoms with van der Waals surface area (Å²) in [4.78, 5) is 4.13. The second kappa shape index (κ2) is 7.94. The van der Waals surface area contributed by atoms with Gasteiger partial charge in [-0.05, 0) is 61.1 Å². The van der Waals surface area contributed by atoms with Crippen LogP contribution in [-0.2, 0) is 16.6 Å². The van der Waals surface area contributed by atoms with Gasteiger partial charge in [0.15, 0.2) is 5.03 Å². The van der Waals surface area contributed by atoms with E-state index in [0.717, 1.165) is 36.1 Å². The highest BCUT2D eigenvalue weighted by molar-refractivity contribution is 7.89. The maximum absolute atomic E-state index is 12.9. The number of piperidine rings is 1. The highest BCUT2D eigenvalue weighted by atomic mass is 32.2. The lowest BCUT2D eigenvalue weighted by Crippen LogP contribution is -2.39. The molecule has 0 saturated carbocycles. The van der Waals surface area contributed by atoms with E-state index in [1.165, 1.54) is 10.9 Å². The summed E-state index contributed by atoms with van der Waals surface area (Å²) in [7, 11) is -3.52. The molecule has 8 heteroatoms. The van der Waals surface area contributed by atoms with Gasteiger partial charge in [0.25, 0.3) is 10.0 Å². The third kappa shape index (κ3) is 3.88. The van der Waals surface area contributed by atoms with E-state index in [0.29, 0.717) is 19.0 Å². The van der Waals surface area contributed by atoms with Gasteiger partial charge >= 0.3 is 0 Å². The Balaban J connectivity index is 1.26. The molecule has 31 heavy (non-hydrogen) atoms. The third-order valence-corrected chi connectivity index (χ3v) is 7.93. The Morgan fingerprint density at radius 1 is 1.06 bits per heavy atom. The molecule has 0 aliphatic carbocycles. The maximum atomic E-state index is 12.9. The second-order valence-electron chi connectivity index (χ2n) is 8.25. The molecule has 1 fully saturated rings. The zero-order valence-electron chi connectivity index (χ0n) is 17.4. The van der Waals surface area contributed by atoms with Crippen LogP contribution in [0.3, 0.4) is 0 Å². The summed E-state index contributed by atoms with van der Waals surface area (Å²) in [6.45, 7) is 3.86. The van der Waals surface area contributed by atoms with Crippen LogP contribution in [0.15, 0.2) is 66.2 Å². The van der Waals surface area contributed by atoms with Crippen molar-refractivity contribution in [3.63, 3.8) is 0 Å². The van der Waals surface area contributed by atoms with E-state index in [2.05, 4.69) is 50.2 Å². The Morgan fingerprint density at radius 3 is 2.61 bits per heavy atom. The fourth-order valence-electron chi connectivity index (χ4n) is 4.30. The zero-order chi connectivity index (χ0) is 21.4. The van der Waals surface area contributed by atoms with Gasteiger partial charge < -0.3 is 4.57 Å². The summed E-state index contributed by atoms with van der Waals surface area (Å²) >= 11 is 0. The van der Waals surface area contributed by atoms with Crippen LogP contribution in [0.5, 0.6) is 0 Å². The van der Waals surface area contributed by atoms with E-state index in [9.17, 15) is 8.42 Å². The molecule has 0 amide bonds. The Morgan fingerprint density at radius 2 is 1.90 bits per heavy atom. The number of aromatic amines is 1. The highest BCUT2D eigenvalue weighted by Crippen LogP contribution is 2.28. The molecule has 0 spiro atoms. The van der Waals surface area contributed by atoms with Gasteiger partial charge in [-0.25, -0.2) is 13.4 Å². The van der Waals surface area contributed by atoms with Crippen molar-refractivity contribution in [2.45, 2.75) is 31.3 Å². The highest BCUT2D eigenvalue weighted by Gasteiger charge is 2.30. The first-order chi connectivity index (χ1) is 15.0. The zero-order valence-corrected chi connectivity index (χ0v) is 18.2. The van der Waals surface area contributed by atoms with Gasteiger partial charge in [-0.15, -0.1) is 0 Å². The van der Waals surface area contributed by atoms with E-state index in [1.807, 2.05) is 19.3 Å². The predicted octanol–water partition coefficient (Wildman–Crippen LogP) is 3.84. The van der Waals surface area contributed by atoms with Gasteiger partial charge in [0.2, 0.25) is 0 Å². The normalized spacial score (nSPS) is 16.2. The van der Waals surface area contributed by atoms with Crippen molar-refractivity contribution < 1.29 is 8.42 Å². The summed E-state index contributed by atoms with van der Waals surface area (Å²) < 4.78 is 29.6. The number of sulfonamides is 1. The Bertz CT molecular complexity index is 1290. The van der Waals surface area contributed by atoms with Crippen LogP contribution in [0.2, 0.25) is 0 Å². The van der Waals surface area contributed by atoms with Crippen molar-refractivity contribution in [2.75, 3.05) is 13.1 Å².